The lowest BCUT2D eigenvalue weighted by molar-refractivity contribution is -0.139. The number of nitrogens with one attached hydrogen (secondary N) is 1. The van der Waals surface area contributed by atoms with Crippen LogP contribution in [0.15, 0.2) is 83.8 Å². The number of benzene rings is 3. The molecule has 7 heteroatoms. The Kier molecular flexibility index (Phi) is 10.5. The molecule has 0 aliphatic heterocycles. The molecule has 0 fully saturated rings. The largest absolute Gasteiger partial charge is 0.354 e. The van der Waals surface area contributed by atoms with Crippen molar-refractivity contribution in [1.82, 2.24) is 10.2 Å². The highest BCUT2D eigenvalue weighted by atomic mass is 35.5. The van der Waals surface area contributed by atoms with Gasteiger partial charge in [-0.05, 0) is 41.3 Å². The molecular weight excluding hydrogens is 499 g/mol. The van der Waals surface area contributed by atoms with Crippen molar-refractivity contribution in [1.29, 1.82) is 0 Å². The Bertz CT molecular complexity index is 1110. The van der Waals surface area contributed by atoms with E-state index in [4.69, 9.17) is 23.2 Å². The van der Waals surface area contributed by atoms with Crippen LogP contribution in [0.1, 0.15) is 25.0 Å². The molecule has 35 heavy (non-hydrogen) atoms. The lowest BCUT2D eigenvalue weighted by Gasteiger charge is -2.32. The van der Waals surface area contributed by atoms with Crippen molar-refractivity contribution in [3.63, 3.8) is 0 Å². The molecule has 1 N–H and O–H groups in total. The number of rotatable bonds is 11. The van der Waals surface area contributed by atoms with E-state index in [0.717, 1.165) is 16.0 Å². The molecule has 0 bridgehead atoms. The number of hydrogen-bond acceptors (Lipinski definition) is 3. The topological polar surface area (TPSA) is 49.4 Å². The third-order valence-electron chi connectivity index (χ3n) is 5.40. The predicted molar refractivity (Wildman–Crippen MR) is 146 cm³/mol. The Balaban J connectivity index is 1.91. The molecule has 4 nitrogen and oxygen atoms in total. The molecule has 0 radical (unpaired) electrons. The zero-order valence-electron chi connectivity index (χ0n) is 19.9. The van der Waals surface area contributed by atoms with Crippen LogP contribution in [0, 0.1) is 5.92 Å². The summed E-state index contributed by atoms with van der Waals surface area (Å²) in [5, 5.41) is 3.89. The third kappa shape index (κ3) is 8.60. The van der Waals surface area contributed by atoms with Crippen LogP contribution in [0.3, 0.4) is 0 Å². The van der Waals surface area contributed by atoms with Crippen molar-refractivity contribution in [3.8, 4) is 0 Å². The van der Waals surface area contributed by atoms with Crippen molar-refractivity contribution in [2.24, 2.45) is 5.92 Å². The molecule has 0 aromatic heterocycles. The van der Waals surface area contributed by atoms with E-state index in [9.17, 15) is 9.59 Å². The minimum Gasteiger partial charge on any atom is -0.354 e. The van der Waals surface area contributed by atoms with E-state index >= 15 is 0 Å². The smallest absolute Gasteiger partial charge is 0.243 e. The summed E-state index contributed by atoms with van der Waals surface area (Å²) in [6.45, 7) is 4.87. The SMILES string of the molecule is CC(C)CNC(=O)[C@H](Cc1ccccc1)N(Cc1ccc(Cl)c(Cl)c1)C(=O)CSc1ccccc1. The molecule has 3 aromatic rings. The second-order valence-corrected chi connectivity index (χ2v) is 10.6. The van der Waals surface area contributed by atoms with Gasteiger partial charge in [-0.2, -0.15) is 0 Å². The van der Waals surface area contributed by atoms with Crippen molar-refractivity contribution in [3.05, 3.63) is 100 Å². The number of nitrogens with zero attached hydrogens (tertiary/aromatic N) is 1. The van der Waals surface area contributed by atoms with Crippen molar-refractivity contribution in [2.75, 3.05) is 12.3 Å². The number of thioether (sulfide) groups is 1. The van der Waals surface area contributed by atoms with Gasteiger partial charge in [0, 0.05) is 24.4 Å². The summed E-state index contributed by atoms with van der Waals surface area (Å²) >= 11 is 13.8. The van der Waals surface area contributed by atoms with E-state index in [1.165, 1.54) is 11.8 Å². The van der Waals surface area contributed by atoms with Crippen LogP contribution < -0.4 is 5.32 Å². The number of amides is 2. The molecule has 0 heterocycles. The quantitative estimate of drug-likeness (QED) is 0.289. The molecule has 184 valence electrons. The molecule has 0 aliphatic carbocycles. The first-order valence-corrected chi connectivity index (χ1v) is 13.3. The highest BCUT2D eigenvalue weighted by molar-refractivity contribution is 8.00. The summed E-state index contributed by atoms with van der Waals surface area (Å²) in [7, 11) is 0. The molecule has 3 aromatic carbocycles. The van der Waals surface area contributed by atoms with Crippen LogP contribution in [0.2, 0.25) is 10.0 Å². The van der Waals surface area contributed by atoms with Gasteiger partial charge in [-0.1, -0.05) is 91.6 Å². The third-order valence-corrected chi connectivity index (χ3v) is 7.13. The average Bonchev–Trinajstić information content (AvgIpc) is 2.86. The van der Waals surface area contributed by atoms with Crippen molar-refractivity contribution >= 4 is 46.8 Å². The second-order valence-electron chi connectivity index (χ2n) is 8.72. The number of carbonyl (C=O) groups is 2. The van der Waals surface area contributed by atoms with Gasteiger partial charge >= 0.3 is 0 Å². The van der Waals surface area contributed by atoms with Gasteiger partial charge in [0.15, 0.2) is 0 Å². The summed E-state index contributed by atoms with van der Waals surface area (Å²) in [6.07, 6.45) is 0.411. The number of carbonyl (C=O) groups excluding carboxylic acids is 2. The van der Waals surface area contributed by atoms with Crippen molar-refractivity contribution in [2.45, 2.75) is 37.8 Å². The fourth-order valence-corrected chi connectivity index (χ4v) is 4.68. The van der Waals surface area contributed by atoms with Gasteiger partial charge in [-0.3, -0.25) is 9.59 Å². The second kappa shape index (κ2) is 13.6. The van der Waals surface area contributed by atoms with Gasteiger partial charge in [0.2, 0.25) is 11.8 Å². The summed E-state index contributed by atoms with van der Waals surface area (Å²) in [6, 6.07) is 24.2. The summed E-state index contributed by atoms with van der Waals surface area (Å²) < 4.78 is 0. The maximum Gasteiger partial charge on any atom is 0.243 e. The van der Waals surface area contributed by atoms with Crippen molar-refractivity contribution < 1.29 is 9.59 Å². The van der Waals surface area contributed by atoms with E-state index in [-0.39, 0.29) is 24.1 Å². The maximum absolute atomic E-state index is 13.6. The predicted octanol–water partition coefficient (Wildman–Crippen LogP) is 6.50. The van der Waals surface area contributed by atoms with Crippen LogP contribution in [-0.4, -0.2) is 35.1 Å². The van der Waals surface area contributed by atoms with Gasteiger partial charge < -0.3 is 10.2 Å². The number of halogens is 2. The molecule has 0 unspecified atom stereocenters. The number of hydrogen-bond donors (Lipinski definition) is 1. The molecular formula is C28H30Cl2N2O2S. The van der Waals surface area contributed by atoms with E-state index in [1.807, 2.05) is 80.6 Å². The van der Waals surface area contributed by atoms with Gasteiger partial charge in [0.05, 0.1) is 15.8 Å². The Morgan fingerprint density at radius 1 is 0.886 bits per heavy atom. The highest BCUT2D eigenvalue weighted by Gasteiger charge is 2.30. The molecule has 0 aliphatic rings. The molecule has 0 spiro atoms. The van der Waals surface area contributed by atoms with Gasteiger partial charge in [-0.15, -0.1) is 11.8 Å². The standard InChI is InChI=1S/C28H30Cl2N2O2S/c1-20(2)17-31-28(34)26(16-21-9-5-3-6-10-21)32(18-22-13-14-24(29)25(30)15-22)27(33)19-35-23-11-7-4-8-12-23/h3-15,20,26H,16-19H2,1-2H3,(H,31,34)/t26-/m0/s1. The van der Waals surface area contributed by atoms with E-state index in [1.54, 1.807) is 17.0 Å². The van der Waals surface area contributed by atoms with Gasteiger partial charge in [0.25, 0.3) is 0 Å². The molecule has 1 atom stereocenters. The van der Waals surface area contributed by atoms with Gasteiger partial charge in [0.1, 0.15) is 6.04 Å². The van der Waals surface area contributed by atoms with Crippen LogP contribution >= 0.6 is 35.0 Å². The molecule has 2 amide bonds. The average molecular weight is 530 g/mol. The summed E-state index contributed by atoms with van der Waals surface area (Å²) in [4.78, 5) is 29.7. The van der Waals surface area contributed by atoms with Gasteiger partial charge in [-0.25, -0.2) is 0 Å². The van der Waals surface area contributed by atoms with Crippen LogP contribution in [0.25, 0.3) is 0 Å². The Morgan fingerprint density at radius 3 is 2.17 bits per heavy atom. The minimum absolute atomic E-state index is 0.120. The highest BCUT2D eigenvalue weighted by Crippen LogP contribution is 2.25. The van der Waals surface area contributed by atoms with E-state index in [0.29, 0.717) is 28.9 Å². The molecule has 0 saturated heterocycles. The summed E-state index contributed by atoms with van der Waals surface area (Å²) in [5.74, 6) is 0.226. The Morgan fingerprint density at radius 2 is 1.54 bits per heavy atom. The van der Waals surface area contributed by atoms with Crippen LogP contribution in [-0.2, 0) is 22.6 Å². The Hall–Kier alpha value is -2.47. The zero-order chi connectivity index (χ0) is 25.2. The monoisotopic (exact) mass is 528 g/mol. The molecule has 0 saturated carbocycles. The first-order valence-electron chi connectivity index (χ1n) is 11.6. The van der Waals surface area contributed by atoms with E-state index < -0.39 is 6.04 Å². The maximum atomic E-state index is 13.6. The first kappa shape index (κ1) is 27.1. The van der Waals surface area contributed by atoms with E-state index in [2.05, 4.69) is 5.32 Å². The minimum atomic E-state index is -0.672. The van der Waals surface area contributed by atoms with Crippen LogP contribution in [0.4, 0.5) is 0 Å². The normalized spacial score (nSPS) is 11.8. The fourth-order valence-electron chi connectivity index (χ4n) is 3.56. The zero-order valence-corrected chi connectivity index (χ0v) is 22.2. The molecule has 3 rings (SSSR count). The Labute approximate surface area is 222 Å². The first-order chi connectivity index (χ1) is 16.8. The fraction of sp³-hybridized carbons (Fsp3) is 0.286. The lowest BCUT2D eigenvalue weighted by atomic mass is 10.0. The summed E-state index contributed by atoms with van der Waals surface area (Å²) in [5.41, 5.74) is 1.80. The lowest BCUT2D eigenvalue weighted by Crippen LogP contribution is -2.51. The van der Waals surface area contributed by atoms with Crippen LogP contribution in [0.5, 0.6) is 0 Å².